The molecule has 7 nitrogen and oxygen atoms in total. The lowest BCUT2D eigenvalue weighted by Gasteiger charge is -2.14. The van der Waals surface area contributed by atoms with Crippen LogP contribution in [0.1, 0.15) is 0 Å². The molecule has 0 amide bonds. The maximum absolute atomic E-state index is 12.8. The Bertz CT molecular complexity index is 936. The fourth-order valence-corrected chi connectivity index (χ4v) is 2.82. The van der Waals surface area contributed by atoms with Crippen molar-refractivity contribution >= 4 is 11.4 Å². The molecule has 0 unspecified atom stereocenters. The predicted octanol–water partition coefficient (Wildman–Crippen LogP) is 2.95. The van der Waals surface area contributed by atoms with Crippen LogP contribution in [-0.4, -0.2) is 30.7 Å². The molecule has 0 aliphatic rings. The van der Waals surface area contributed by atoms with Crippen molar-refractivity contribution < 1.29 is 14.2 Å². The Morgan fingerprint density at radius 1 is 0.923 bits per heavy atom. The maximum Gasteiger partial charge on any atom is 0.295 e. The van der Waals surface area contributed by atoms with Gasteiger partial charge in [-0.2, -0.15) is 0 Å². The minimum absolute atomic E-state index is 0.160. The molecule has 1 heterocycles. The van der Waals surface area contributed by atoms with Gasteiger partial charge in [-0.15, -0.1) is 0 Å². The average molecular weight is 355 g/mol. The van der Waals surface area contributed by atoms with Gasteiger partial charge in [0.1, 0.15) is 5.69 Å². The number of nitrogens with zero attached hydrogens (tertiary/aromatic N) is 2. The number of ether oxygens (including phenoxy) is 3. The standard InChI is InChI=1S/C19H21N3O4/c1-21-12-15(19(23)22(21)14-8-6-5-7-9-14)20-13-10-16(24-2)18(26-4)17(11-13)25-3/h5-12,20H,1-4H3. The quantitative estimate of drug-likeness (QED) is 0.736. The Hall–Kier alpha value is -3.35. The molecule has 0 atom stereocenters. The number of aryl methyl sites for hydroxylation is 1. The molecule has 3 rings (SSSR count). The highest BCUT2D eigenvalue weighted by molar-refractivity contribution is 5.67. The van der Waals surface area contributed by atoms with Crippen molar-refractivity contribution in [3.63, 3.8) is 0 Å². The van der Waals surface area contributed by atoms with Crippen LogP contribution < -0.4 is 25.1 Å². The number of hydrogen-bond donors (Lipinski definition) is 1. The van der Waals surface area contributed by atoms with Gasteiger partial charge in [-0.1, -0.05) is 18.2 Å². The van der Waals surface area contributed by atoms with Gasteiger partial charge in [-0.3, -0.25) is 9.48 Å². The molecule has 0 bridgehead atoms. The van der Waals surface area contributed by atoms with Crippen LogP contribution >= 0.6 is 0 Å². The Labute approximate surface area is 151 Å². The van der Waals surface area contributed by atoms with Crippen LogP contribution in [0.3, 0.4) is 0 Å². The molecule has 0 spiro atoms. The zero-order chi connectivity index (χ0) is 18.7. The summed E-state index contributed by atoms with van der Waals surface area (Å²) in [5.41, 5.74) is 1.72. The van der Waals surface area contributed by atoms with Crippen LogP contribution in [0, 0.1) is 0 Å². The molecule has 26 heavy (non-hydrogen) atoms. The third-order valence-electron chi connectivity index (χ3n) is 4.00. The van der Waals surface area contributed by atoms with Gasteiger partial charge in [0.05, 0.1) is 33.2 Å². The molecular formula is C19H21N3O4. The van der Waals surface area contributed by atoms with Crippen molar-refractivity contribution in [1.82, 2.24) is 9.36 Å². The number of methoxy groups -OCH3 is 3. The normalized spacial score (nSPS) is 10.5. The van der Waals surface area contributed by atoms with Gasteiger partial charge in [0.25, 0.3) is 5.56 Å². The smallest absolute Gasteiger partial charge is 0.295 e. The molecule has 2 aromatic carbocycles. The number of nitrogens with one attached hydrogen (secondary N) is 1. The molecular weight excluding hydrogens is 334 g/mol. The summed E-state index contributed by atoms with van der Waals surface area (Å²) in [5, 5.41) is 3.13. The van der Waals surface area contributed by atoms with Gasteiger partial charge < -0.3 is 19.5 Å². The summed E-state index contributed by atoms with van der Waals surface area (Å²) in [6, 6.07) is 12.9. The van der Waals surface area contributed by atoms with Crippen LogP contribution in [-0.2, 0) is 7.05 Å². The van der Waals surface area contributed by atoms with E-state index in [1.165, 1.54) is 0 Å². The first-order valence-electron chi connectivity index (χ1n) is 8.00. The third-order valence-corrected chi connectivity index (χ3v) is 4.00. The Morgan fingerprint density at radius 3 is 2.08 bits per heavy atom. The van der Waals surface area contributed by atoms with E-state index in [9.17, 15) is 4.79 Å². The van der Waals surface area contributed by atoms with E-state index >= 15 is 0 Å². The second-order valence-corrected chi connectivity index (χ2v) is 5.61. The first-order chi connectivity index (χ1) is 12.6. The summed E-state index contributed by atoms with van der Waals surface area (Å²) in [6.45, 7) is 0. The highest BCUT2D eigenvalue weighted by atomic mass is 16.5. The van der Waals surface area contributed by atoms with Gasteiger partial charge in [-0.05, 0) is 12.1 Å². The van der Waals surface area contributed by atoms with Gasteiger partial charge in [0.2, 0.25) is 5.75 Å². The Kier molecular flexibility index (Phi) is 4.88. The van der Waals surface area contributed by atoms with E-state index in [0.29, 0.717) is 28.6 Å². The molecule has 0 aliphatic heterocycles. The van der Waals surface area contributed by atoms with E-state index in [4.69, 9.17) is 14.2 Å². The van der Waals surface area contributed by atoms with Crippen LogP contribution in [0.15, 0.2) is 53.5 Å². The monoisotopic (exact) mass is 355 g/mol. The van der Waals surface area contributed by atoms with E-state index in [0.717, 1.165) is 5.69 Å². The third kappa shape index (κ3) is 3.11. The van der Waals surface area contributed by atoms with Gasteiger partial charge in [0.15, 0.2) is 11.5 Å². The fourth-order valence-electron chi connectivity index (χ4n) is 2.82. The van der Waals surface area contributed by atoms with E-state index in [1.54, 1.807) is 49.0 Å². The van der Waals surface area contributed by atoms with Crippen LogP contribution in [0.2, 0.25) is 0 Å². The molecule has 1 aromatic heterocycles. The summed E-state index contributed by atoms with van der Waals surface area (Å²) in [5.74, 6) is 1.51. The number of hydrogen-bond acceptors (Lipinski definition) is 5. The minimum Gasteiger partial charge on any atom is -0.493 e. The molecule has 7 heteroatoms. The minimum atomic E-state index is -0.160. The van der Waals surface area contributed by atoms with Gasteiger partial charge >= 0.3 is 0 Å². The number of para-hydroxylation sites is 1. The second-order valence-electron chi connectivity index (χ2n) is 5.61. The summed E-state index contributed by atoms with van der Waals surface area (Å²) >= 11 is 0. The highest BCUT2D eigenvalue weighted by Crippen LogP contribution is 2.40. The summed E-state index contributed by atoms with van der Waals surface area (Å²) in [4.78, 5) is 12.8. The molecule has 0 radical (unpaired) electrons. The van der Waals surface area contributed by atoms with Crippen LogP contribution in [0.25, 0.3) is 5.69 Å². The number of benzene rings is 2. The second kappa shape index (κ2) is 7.26. The molecule has 1 N–H and O–H groups in total. The van der Waals surface area contributed by atoms with Crippen molar-refractivity contribution in [1.29, 1.82) is 0 Å². The molecule has 0 saturated carbocycles. The SMILES string of the molecule is COc1cc(Nc2cn(C)n(-c3ccccc3)c2=O)cc(OC)c1OC. The Balaban J connectivity index is 2.02. The lowest BCUT2D eigenvalue weighted by Crippen LogP contribution is -2.20. The lowest BCUT2D eigenvalue weighted by molar-refractivity contribution is 0.324. The summed E-state index contributed by atoms with van der Waals surface area (Å²) < 4.78 is 19.3. The maximum atomic E-state index is 12.8. The van der Waals surface area contributed by atoms with E-state index in [2.05, 4.69) is 5.32 Å². The number of aromatic nitrogens is 2. The molecule has 136 valence electrons. The average Bonchev–Trinajstić information content (AvgIpc) is 2.94. The van der Waals surface area contributed by atoms with E-state index < -0.39 is 0 Å². The number of rotatable bonds is 6. The van der Waals surface area contributed by atoms with Crippen molar-refractivity contribution in [2.45, 2.75) is 0 Å². The van der Waals surface area contributed by atoms with Crippen molar-refractivity contribution in [2.24, 2.45) is 7.05 Å². The lowest BCUT2D eigenvalue weighted by atomic mass is 10.2. The molecule has 0 aliphatic carbocycles. The topological polar surface area (TPSA) is 66.7 Å². The van der Waals surface area contributed by atoms with Crippen molar-refractivity contribution in [3.8, 4) is 22.9 Å². The van der Waals surface area contributed by atoms with E-state index in [-0.39, 0.29) is 5.56 Å². The van der Waals surface area contributed by atoms with Crippen molar-refractivity contribution in [3.05, 3.63) is 59.0 Å². The number of anilines is 2. The zero-order valence-corrected chi connectivity index (χ0v) is 15.1. The van der Waals surface area contributed by atoms with Gasteiger partial charge in [0, 0.05) is 24.9 Å². The fraction of sp³-hybridized carbons (Fsp3) is 0.211. The van der Waals surface area contributed by atoms with Crippen LogP contribution in [0.5, 0.6) is 17.2 Å². The van der Waals surface area contributed by atoms with Gasteiger partial charge in [-0.25, -0.2) is 4.68 Å². The first-order valence-corrected chi connectivity index (χ1v) is 8.00. The predicted molar refractivity (Wildman–Crippen MR) is 100 cm³/mol. The molecule has 3 aromatic rings. The largest absolute Gasteiger partial charge is 0.493 e. The summed E-state index contributed by atoms with van der Waals surface area (Å²) in [7, 11) is 6.45. The molecule has 0 saturated heterocycles. The Morgan fingerprint density at radius 2 is 1.54 bits per heavy atom. The zero-order valence-electron chi connectivity index (χ0n) is 15.1. The first kappa shape index (κ1) is 17.5. The molecule has 0 fully saturated rings. The van der Waals surface area contributed by atoms with E-state index in [1.807, 2.05) is 37.4 Å². The summed E-state index contributed by atoms with van der Waals surface area (Å²) in [6.07, 6.45) is 1.73. The van der Waals surface area contributed by atoms with Crippen molar-refractivity contribution in [2.75, 3.05) is 26.6 Å². The van der Waals surface area contributed by atoms with Crippen LogP contribution in [0.4, 0.5) is 11.4 Å². The highest BCUT2D eigenvalue weighted by Gasteiger charge is 2.16.